The van der Waals surface area contributed by atoms with E-state index in [1.54, 1.807) is 43.3 Å². The smallest absolute Gasteiger partial charge is 0.343 e. The van der Waals surface area contributed by atoms with Gasteiger partial charge in [0.15, 0.2) is 0 Å². The van der Waals surface area contributed by atoms with Crippen LogP contribution in [0.3, 0.4) is 0 Å². The first-order valence-electron chi connectivity index (χ1n) is 9.31. The van der Waals surface area contributed by atoms with Crippen LogP contribution in [0.5, 0.6) is 5.75 Å². The molecular weight excluding hydrogens is 481 g/mol. The number of anilines is 1. The molecule has 0 heterocycles. The zero-order chi connectivity index (χ0) is 23.1. The van der Waals surface area contributed by atoms with Crippen molar-refractivity contribution in [3.63, 3.8) is 0 Å². The van der Waals surface area contributed by atoms with Gasteiger partial charge in [-0.25, -0.2) is 14.6 Å². The largest absolute Gasteiger partial charge is 0.422 e. The number of hydrogen-bond acceptors (Lipinski definition) is 5. The van der Waals surface area contributed by atoms with Crippen LogP contribution in [0.15, 0.2) is 76.3 Å². The highest BCUT2D eigenvalue weighted by molar-refractivity contribution is 9.10. The van der Waals surface area contributed by atoms with E-state index in [4.69, 9.17) is 4.74 Å². The topological polar surface area (TPSA) is 96.9 Å². The van der Waals surface area contributed by atoms with Crippen LogP contribution in [0, 0.1) is 12.7 Å². The zero-order valence-corrected chi connectivity index (χ0v) is 18.4. The molecule has 0 bridgehead atoms. The number of carbonyl (C=O) groups excluding carboxylic acids is 3. The molecule has 0 saturated heterocycles. The van der Waals surface area contributed by atoms with Crippen molar-refractivity contribution in [2.45, 2.75) is 6.92 Å². The lowest BCUT2D eigenvalue weighted by molar-refractivity contribution is -0.136. The fraction of sp³-hybridized carbons (Fsp3) is 0.0435. The van der Waals surface area contributed by atoms with E-state index in [2.05, 4.69) is 31.8 Å². The second kappa shape index (κ2) is 10.5. The molecule has 0 saturated carbocycles. The summed E-state index contributed by atoms with van der Waals surface area (Å²) >= 11 is 3.32. The number of benzene rings is 3. The van der Waals surface area contributed by atoms with Crippen molar-refractivity contribution in [2.75, 3.05) is 5.32 Å². The van der Waals surface area contributed by atoms with Gasteiger partial charge < -0.3 is 10.1 Å². The lowest BCUT2D eigenvalue weighted by Gasteiger charge is -2.09. The Balaban J connectivity index is 1.67. The fourth-order valence-electron chi connectivity index (χ4n) is 2.60. The highest BCUT2D eigenvalue weighted by Crippen LogP contribution is 2.23. The minimum Gasteiger partial charge on any atom is -0.422 e. The Kier molecular flexibility index (Phi) is 7.45. The Morgan fingerprint density at radius 3 is 2.44 bits per heavy atom. The number of carbonyl (C=O) groups is 3. The maximum atomic E-state index is 12.9. The molecule has 2 N–H and O–H groups in total. The number of nitrogens with one attached hydrogen (secondary N) is 2. The minimum absolute atomic E-state index is 0.218. The third kappa shape index (κ3) is 6.08. The Hall–Kier alpha value is -3.85. The van der Waals surface area contributed by atoms with Crippen molar-refractivity contribution in [3.05, 3.63) is 93.7 Å². The lowest BCUT2D eigenvalue weighted by Crippen LogP contribution is -2.32. The van der Waals surface area contributed by atoms with Gasteiger partial charge in [0.1, 0.15) is 11.6 Å². The summed E-state index contributed by atoms with van der Waals surface area (Å²) in [6, 6.07) is 16.8. The van der Waals surface area contributed by atoms with Gasteiger partial charge in [-0.1, -0.05) is 34.1 Å². The van der Waals surface area contributed by atoms with Crippen LogP contribution in [0.25, 0.3) is 0 Å². The first kappa shape index (κ1) is 22.8. The van der Waals surface area contributed by atoms with Gasteiger partial charge >= 0.3 is 17.8 Å². The monoisotopic (exact) mass is 497 g/mol. The molecule has 3 rings (SSSR count). The van der Waals surface area contributed by atoms with Gasteiger partial charge in [0.2, 0.25) is 0 Å². The predicted octanol–water partition coefficient (Wildman–Crippen LogP) is 4.20. The molecule has 0 radical (unpaired) electrons. The molecule has 9 heteroatoms. The molecule has 3 aromatic rings. The molecule has 0 atom stereocenters. The Labute approximate surface area is 191 Å². The van der Waals surface area contributed by atoms with Crippen molar-refractivity contribution >= 4 is 45.6 Å². The normalized spacial score (nSPS) is 10.6. The number of rotatable bonds is 5. The highest BCUT2D eigenvalue weighted by atomic mass is 79.9. The molecule has 0 spiro atoms. The molecule has 0 aliphatic carbocycles. The third-order valence-electron chi connectivity index (χ3n) is 4.22. The molecule has 0 unspecified atom stereocenters. The van der Waals surface area contributed by atoms with E-state index in [0.717, 1.165) is 17.7 Å². The number of ether oxygens (including phenoxy) is 1. The summed E-state index contributed by atoms with van der Waals surface area (Å²) in [5.41, 5.74) is 3.93. The molecule has 0 aliphatic rings. The number of nitrogens with zero attached hydrogens (tertiary/aromatic N) is 1. The second-order valence-electron chi connectivity index (χ2n) is 6.55. The van der Waals surface area contributed by atoms with Crippen molar-refractivity contribution in [1.29, 1.82) is 0 Å². The number of halogens is 2. The maximum Gasteiger partial charge on any atom is 0.343 e. The molecule has 0 fully saturated rings. The van der Waals surface area contributed by atoms with Gasteiger partial charge in [0, 0.05) is 15.7 Å². The van der Waals surface area contributed by atoms with E-state index in [1.807, 2.05) is 6.07 Å². The Bertz CT molecular complexity index is 1200. The molecule has 3 aromatic carbocycles. The predicted molar refractivity (Wildman–Crippen MR) is 121 cm³/mol. The first-order chi connectivity index (χ1) is 15.3. The van der Waals surface area contributed by atoms with Gasteiger partial charge in [-0.15, -0.1) is 0 Å². The molecule has 2 amide bonds. The van der Waals surface area contributed by atoms with Crippen LogP contribution in [0.2, 0.25) is 0 Å². The molecule has 0 aliphatic heterocycles. The highest BCUT2D eigenvalue weighted by Gasteiger charge is 2.15. The number of hydrazone groups is 1. The van der Waals surface area contributed by atoms with Crippen LogP contribution in [-0.4, -0.2) is 24.0 Å². The number of esters is 1. The van der Waals surface area contributed by atoms with E-state index >= 15 is 0 Å². The van der Waals surface area contributed by atoms with Gasteiger partial charge in [-0.3, -0.25) is 9.59 Å². The van der Waals surface area contributed by atoms with E-state index < -0.39 is 23.6 Å². The third-order valence-corrected chi connectivity index (χ3v) is 4.71. The molecular formula is C23H17BrFN3O4. The average molecular weight is 498 g/mol. The van der Waals surface area contributed by atoms with Gasteiger partial charge in [0.25, 0.3) is 0 Å². The SMILES string of the molecule is Cc1ccccc1C(=O)Oc1ccc(Br)cc1C=NNC(=O)C(=O)Nc1ccc(F)cc1. The average Bonchev–Trinajstić information content (AvgIpc) is 2.77. The number of aryl methyl sites for hydroxylation is 1. The minimum atomic E-state index is -1.03. The molecule has 0 aromatic heterocycles. The summed E-state index contributed by atoms with van der Waals surface area (Å²) < 4.78 is 19.1. The Morgan fingerprint density at radius 2 is 1.72 bits per heavy atom. The number of amides is 2. The van der Waals surface area contributed by atoms with Crippen molar-refractivity contribution < 1.29 is 23.5 Å². The summed E-state index contributed by atoms with van der Waals surface area (Å²) in [7, 11) is 0. The standard InChI is InChI=1S/C23H17BrFN3O4/c1-14-4-2-3-5-19(14)23(31)32-20-11-6-16(24)12-15(20)13-26-28-22(30)21(29)27-18-9-7-17(25)8-10-18/h2-13H,1H3,(H,27,29)(H,28,30). The van der Waals surface area contributed by atoms with Crippen LogP contribution in [0.4, 0.5) is 10.1 Å². The van der Waals surface area contributed by atoms with Crippen LogP contribution in [-0.2, 0) is 9.59 Å². The number of hydrogen-bond donors (Lipinski definition) is 2. The molecule has 162 valence electrons. The van der Waals surface area contributed by atoms with E-state index in [1.165, 1.54) is 18.3 Å². The van der Waals surface area contributed by atoms with Gasteiger partial charge in [0.05, 0.1) is 11.8 Å². The van der Waals surface area contributed by atoms with E-state index in [-0.39, 0.29) is 11.4 Å². The van der Waals surface area contributed by atoms with Crippen molar-refractivity contribution in [1.82, 2.24) is 5.43 Å². The quantitative estimate of drug-likeness (QED) is 0.181. The van der Waals surface area contributed by atoms with Crippen LogP contribution < -0.4 is 15.5 Å². The van der Waals surface area contributed by atoms with Crippen LogP contribution in [0.1, 0.15) is 21.5 Å². The summed E-state index contributed by atoms with van der Waals surface area (Å²) in [4.78, 5) is 36.4. The second-order valence-corrected chi connectivity index (χ2v) is 7.46. The lowest BCUT2D eigenvalue weighted by atomic mass is 10.1. The maximum absolute atomic E-state index is 12.9. The van der Waals surface area contributed by atoms with E-state index in [9.17, 15) is 18.8 Å². The molecule has 7 nitrogen and oxygen atoms in total. The summed E-state index contributed by atoms with van der Waals surface area (Å²) in [6.45, 7) is 1.80. The van der Waals surface area contributed by atoms with Gasteiger partial charge in [-0.2, -0.15) is 5.10 Å². The van der Waals surface area contributed by atoms with Crippen LogP contribution >= 0.6 is 15.9 Å². The summed E-state index contributed by atoms with van der Waals surface area (Å²) in [6.07, 6.45) is 1.24. The van der Waals surface area contributed by atoms with Gasteiger partial charge in [-0.05, 0) is 61.0 Å². The summed E-state index contributed by atoms with van der Waals surface area (Å²) in [5.74, 6) is -2.80. The Morgan fingerprint density at radius 1 is 1.00 bits per heavy atom. The summed E-state index contributed by atoms with van der Waals surface area (Å²) in [5, 5.41) is 6.08. The van der Waals surface area contributed by atoms with Crippen molar-refractivity contribution in [3.8, 4) is 5.75 Å². The van der Waals surface area contributed by atoms with E-state index in [0.29, 0.717) is 15.6 Å². The molecule has 32 heavy (non-hydrogen) atoms. The first-order valence-corrected chi connectivity index (χ1v) is 10.1. The van der Waals surface area contributed by atoms with Crippen molar-refractivity contribution in [2.24, 2.45) is 5.10 Å². The zero-order valence-electron chi connectivity index (χ0n) is 16.8. The fourth-order valence-corrected chi connectivity index (χ4v) is 2.98.